The summed E-state index contributed by atoms with van der Waals surface area (Å²) in [6, 6.07) is 28.5. The minimum absolute atomic E-state index is 0.00895. The lowest BCUT2D eigenvalue weighted by molar-refractivity contribution is -0.155. The normalized spacial score (nSPS) is 12.5. The van der Waals surface area contributed by atoms with Crippen LogP contribution in [0.4, 0.5) is 4.79 Å². The SMILES string of the molecule is CC(C)N(CC(O)C(=O)OCc1ccccc1)C(=O)N[C@@H](Cc1ccc(-c2cccc3ccccc23)cc1)C(=O)O. The van der Waals surface area contributed by atoms with E-state index in [2.05, 4.69) is 23.5 Å². The smallest absolute Gasteiger partial charge is 0.337 e. The van der Waals surface area contributed by atoms with Gasteiger partial charge in [0.1, 0.15) is 12.6 Å². The molecule has 3 N–H and O–H groups in total. The summed E-state index contributed by atoms with van der Waals surface area (Å²) in [6.45, 7) is 3.07. The molecule has 0 aliphatic rings. The zero-order valence-corrected chi connectivity index (χ0v) is 23.1. The first kappa shape index (κ1) is 29.3. The number of esters is 1. The van der Waals surface area contributed by atoms with Gasteiger partial charge < -0.3 is 25.2 Å². The van der Waals surface area contributed by atoms with Crippen molar-refractivity contribution in [3.63, 3.8) is 0 Å². The lowest BCUT2D eigenvalue weighted by Gasteiger charge is -2.30. The van der Waals surface area contributed by atoms with Crippen LogP contribution in [0.3, 0.4) is 0 Å². The van der Waals surface area contributed by atoms with Crippen LogP contribution in [-0.4, -0.2) is 57.8 Å². The fraction of sp³-hybridized carbons (Fsp3) is 0.242. The van der Waals surface area contributed by atoms with Crippen molar-refractivity contribution in [2.75, 3.05) is 6.54 Å². The van der Waals surface area contributed by atoms with Gasteiger partial charge in [0.15, 0.2) is 6.10 Å². The molecule has 0 fully saturated rings. The second-order valence-electron chi connectivity index (χ2n) is 10.1. The third-order valence-electron chi connectivity index (χ3n) is 6.84. The van der Waals surface area contributed by atoms with Crippen LogP contribution in [-0.2, 0) is 27.4 Å². The summed E-state index contributed by atoms with van der Waals surface area (Å²) in [5, 5.41) is 25.1. The minimum atomic E-state index is -1.59. The van der Waals surface area contributed by atoms with Crippen molar-refractivity contribution in [3.05, 3.63) is 108 Å². The molecule has 0 spiro atoms. The van der Waals surface area contributed by atoms with Crippen LogP contribution in [0.15, 0.2) is 97.1 Å². The molecule has 4 rings (SSSR count). The summed E-state index contributed by atoms with van der Waals surface area (Å²) in [7, 11) is 0. The number of amides is 2. The molecule has 8 nitrogen and oxygen atoms in total. The number of aliphatic carboxylic acids is 1. The van der Waals surface area contributed by atoms with E-state index in [1.54, 1.807) is 26.0 Å². The number of carboxylic acids is 1. The van der Waals surface area contributed by atoms with Gasteiger partial charge in [0, 0.05) is 12.5 Å². The Morgan fingerprint density at radius 2 is 1.49 bits per heavy atom. The zero-order chi connectivity index (χ0) is 29.4. The topological polar surface area (TPSA) is 116 Å². The average molecular weight is 555 g/mol. The van der Waals surface area contributed by atoms with Crippen LogP contribution < -0.4 is 5.32 Å². The number of benzene rings is 4. The molecule has 0 aromatic heterocycles. The molecule has 4 aromatic rings. The number of carboxylic acid groups (broad SMARTS) is 1. The molecule has 1 unspecified atom stereocenters. The molecular formula is C33H34N2O6. The molecule has 2 atom stereocenters. The number of aliphatic hydroxyl groups excluding tert-OH is 1. The Bertz CT molecular complexity index is 1480. The Hall–Kier alpha value is -4.69. The molecule has 41 heavy (non-hydrogen) atoms. The number of nitrogens with zero attached hydrogens (tertiary/aromatic N) is 1. The van der Waals surface area contributed by atoms with Gasteiger partial charge in [-0.2, -0.15) is 0 Å². The van der Waals surface area contributed by atoms with Gasteiger partial charge in [-0.25, -0.2) is 14.4 Å². The van der Waals surface area contributed by atoms with Crippen molar-refractivity contribution in [3.8, 4) is 11.1 Å². The van der Waals surface area contributed by atoms with E-state index < -0.39 is 36.2 Å². The largest absolute Gasteiger partial charge is 0.480 e. The predicted molar refractivity (Wildman–Crippen MR) is 157 cm³/mol. The molecule has 4 aromatic carbocycles. The van der Waals surface area contributed by atoms with E-state index in [0.717, 1.165) is 33.0 Å². The number of hydrogen-bond acceptors (Lipinski definition) is 5. The fourth-order valence-corrected chi connectivity index (χ4v) is 4.58. The summed E-state index contributed by atoms with van der Waals surface area (Å²) >= 11 is 0. The first-order chi connectivity index (χ1) is 19.7. The van der Waals surface area contributed by atoms with Gasteiger partial charge in [-0.3, -0.25) is 0 Å². The van der Waals surface area contributed by atoms with E-state index in [1.165, 1.54) is 4.90 Å². The molecule has 0 aliphatic carbocycles. The zero-order valence-electron chi connectivity index (χ0n) is 23.1. The first-order valence-corrected chi connectivity index (χ1v) is 13.5. The number of hydrogen-bond donors (Lipinski definition) is 3. The van der Waals surface area contributed by atoms with Gasteiger partial charge in [-0.1, -0.05) is 97.1 Å². The molecule has 0 radical (unpaired) electrons. The van der Waals surface area contributed by atoms with Crippen molar-refractivity contribution in [2.45, 2.75) is 45.1 Å². The van der Waals surface area contributed by atoms with Gasteiger partial charge in [-0.05, 0) is 46.9 Å². The summed E-state index contributed by atoms with van der Waals surface area (Å²) in [4.78, 5) is 38.7. The maximum Gasteiger partial charge on any atom is 0.337 e. The van der Waals surface area contributed by atoms with Crippen LogP contribution in [0.1, 0.15) is 25.0 Å². The number of carbonyl (C=O) groups is 3. The number of nitrogens with one attached hydrogen (secondary N) is 1. The standard InChI is InChI=1S/C33H34N2O6/c1-22(2)35(20-30(36)32(39)41-21-24-9-4-3-5-10-24)33(40)34-29(31(37)38)19-23-15-17-26(18-16-23)28-14-8-12-25-11-6-7-13-27(25)28/h3-18,22,29-30,36H,19-21H2,1-2H3,(H,34,40)(H,37,38)/t29-,30?/m0/s1. The highest BCUT2D eigenvalue weighted by Gasteiger charge is 2.29. The number of ether oxygens (including phenoxy) is 1. The monoisotopic (exact) mass is 554 g/mol. The van der Waals surface area contributed by atoms with E-state index >= 15 is 0 Å². The van der Waals surface area contributed by atoms with Gasteiger partial charge >= 0.3 is 18.0 Å². The second-order valence-corrected chi connectivity index (χ2v) is 10.1. The van der Waals surface area contributed by atoms with Crippen LogP contribution in [0.25, 0.3) is 21.9 Å². The van der Waals surface area contributed by atoms with Crippen molar-refractivity contribution < 1.29 is 29.3 Å². The number of aliphatic hydroxyl groups is 1. The molecule has 0 saturated heterocycles. The van der Waals surface area contributed by atoms with E-state index in [0.29, 0.717) is 0 Å². The second kappa shape index (κ2) is 13.6. The third kappa shape index (κ3) is 7.70. The summed E-state index contributed by atoms with van der Waals surface area (Å²) in [5.41, 5.74) is 3.58. The summed E-state index contributed by atoms with van der Waals surface area (Å²) in [5.74, 6) is -2.06. The molecular weight excluding hydrogens is 520 g/mol. The van der Waals surface area contributed by atoms with Crippen LogP contribution in [0.5, 0.6) is 0 Å². The van der Waals surface area contributed by atoms with Gasteiger partial charge in [0.05, 0.1) is 6.54 Å². The Morgan fingerprint density at radius 1 is 0.829 bits per heavy atom. The minimum Gasteiger partial charge on any atom is -0.480 e. The van der Waals surface area contributed by atoms with E-state index in [9.17, 15) is 24.6 Å². The Kier molecular flexibility index (Phi) is 9.71. The summed E-state index contributed by atoms with van der Waals surface area (Å²) < 4.78 is 5.17. The van der Waals surface area contributed by atoms with Gasteiger partial charge in [0.2, 0.25) is 0 Å². The summed E-state index contributed by atoms with van der Waals surface area (Å²) in [6.07, 6.45) is -1.53. The average Bonchev–Trinajstić information content (AvgIpc) is 2.98. The van der Waals surface area contributed by atoms with Crippen molar-refractivity contribution in [1.29, 1.82) is 0 Å². The molecule has 0 aliphatic heterocycles. The highest BCUT2D eigenvalue weighted by atomic mass is 16.5. The molecule has 8 heteroatoms. The fourth-order valence-electron chi connectivity index (χ4n) is 4.58. The maximum absolute atomic E-state index is 13.1. The Balaban J connectivity index is 1.39. The van der Waals surface area contributed by atoms with E-state index in [4.69, 9.17) is 4.74 Å². The molecule has 2 amide bonds. The quantitative estimate of drug-likeness (QED) is 0.224. The highest BCUT2D eigenvalue weighted by molar-refractivity contribution is 5.96. The predicted octanol–water partition coefficient (Wildman–Crippen LogP) is 5.03. The van der Waals surface area contributed by atoms with Crippen molar-refractivity contribution >= 4 is 28.7 Å². The lowest BCUT2D eigenvalue weighted by Crippen LogP contribution is -2.53. The number of carbonyl (C=O) groups excluding carboxylic acids is 2. The molecule has 0 bridgehead atoms. The Labute approximate surface area is 239 Å². The third-order valence-corrected chi connectivity index (χ3v) is 6.84. The Morgan fingerprint density at radius 3 is 2.17 bits per heavy atom. The molecule has 212 valence electrons. The van der Waals surface area contributed by atoms with Crippen molar-refractivity contribution in [2.24, 2.45) is 0 Å². The van der Waals surface area contributed by atoms with E-state index in [-0.39, 0.29) is 19.6 Å². The molecule has 0 heterocycles. The van der Waals surface area contributed by atoms with Crippen LogP contribution in [0, 0.1) is 0 Å². The van der Waals surface area contributed by atoms with Gasteiger partial charge in [0.25, 0.3) is 0 Å². The number of fused-ring (bicyclic) bond motifs is 1. The number of rotatable bonds is 11. The van der Waals surface area contributed by atoms with E-state index in [1.807, 2.05) is 66.7 Å². The maximum atomic E-state index is 13.1. The van der Waals surface area contributed by atoms with Crippen molar-refractivity contribution in [1.82, 2.24) is 10.2 Å². The lowest BCUT2D eigenvalue weighted by atomic mass is 9.96. The first-order valence-electron chi connectivity index (χ1n) is 13.5. The number of urea groups is 1. The van der Waals surface area contributed by atoms with Crippen LogP contribution >= 0.6 is 0 Å². The van der Waals surface area contributed by atoms with Gasteiger partial charge in [-0.15, -0.1) is 0 Å². The van der Waals surface area contributed by atoms with Crippen LogP contribution in [0.2, 0.25) is 0 Å². The molecule has 0 saturated carbocycles. The highest BCUT2D eigenvalue weighted by Crippen LogP contribution is 2.28.